The number of benzene rings is 2. The van der Waals surface area contributed by atoms with Crippen molar-refractivity contribution in [1.29, 1.82) is 0 Å². The highest BCUT2D eigenvalue weighted by atomic mass is 35.5. The van der Waals surface area contributed by atoms with Crippen molar-refractivity contribution in [3.05, 3.63) is 64.2 Å². The fourth-order valence-corrected chi connectivity index (χ4v) is 2.55. The second kappa shape index (κ2) is 5.10. The Bertz CT molecular complexity index is 709. The third-order valence-corrected chi connectivity index (χ3v) is 3.54. The number of halogens is 1. The molecule has 0 saturated heterocycles. The Balaban J connectivity index is 1.81. The van der Waals surface area contributed by atoms with E-state index in [1.165, 1.54) is 0 Å². The van der Waals surface area contributed by atoms with Gasteiger partial charge < -0.3 is 5.32 Å². The minimum atomic E-state index is -0.0283. The summed E-state index contributed by atoms with van der Waals surface area (Å²) in [6.07, 6.45) is 0.647. The second-order valence-electron chi connectivity index (χ2n) is 4.83. The molecule has 3 rings (SSSR count). The molecule has 0 aromatic heterocycles. The largest absolute Gasteiger partial charge is 0.326 e. The van der Waals surface area contributed by atoms with Crippen molar-refractivity contribution in [3.63, 3.8) is 0 Å². The normalized spacial score (nSPS) is 12.9. The van der Waals surface area contributed by atoms with Crippen LogP contribution < -0.4 is 5.32 Å². The van der Waals surface area contributed by atoms with E-state index in [0.717, 1.165) is 16.8 Å². The van der Waals surface area contributed by atoms with Gasteiger partial charge in [0.05, 0.1) is 6.42 Å². The predicted molar refractivity (Wildman–Crippen MR) is 78.3 cm³/mol. The molecule has 3 nitrogen and oxygen atoms in total. The van der Waals surface area contributed by atoms with Crippen LogP contribution in [0.5, 0.6) is 0 Å². The van der Waals surface area contributed by atoms with Gasteiger partial charge in [-0.25, -0.2) is 0 Å². The fourth-order valence-electron chi connectivity index (χ4n) is 2.34. The Kier molecular flexibility index (Phi) is 3.28. The molecule has 1 heterocycles. The van der Waals surface area contributed by atoms with Crippen LogP contribution in [0.25, 0.3) is 0 Å². The summed E-state index contributed by atoms with van der Waals surface area (Å²) in [6, 6.07) is 12.6. The van der Waals surface area contributed by atoms with Crippen molar-refractivity contribution in [3.8, 4) is 0 Å². The maximum absolute atomic E-state index is 12.3. The molecule has 4 heteroatoms. The van der Waals surface area contributed by atoms with Crippen molar-refractivity contribution < 1.29 is 9.59 Å². The lowest BCUT2D eigenvalue weighted by atomic mass is 10.0. The summed E-state index contributed by atoms with van der Waals surface area (Å²) in [5.41, 5.74) is 3.19. The smallest absolute Gasteiger partial charge is 0.228 e. The van der Waals surface area contributed by atoms with E-state index in [0.29, 0.717) is 23.4 Å². The highest BCUT2D eigenvalue weighted by Crippen LogP contribution is 2.24. The molecular formula is C16H12ClNO2. The molecule has 0 aliphatic carbocycles. The van der Waals surface area contributed by atoms with Gasteiger partial charge in [0.15, 0.2) is 5.78 Å². The number of carbonyl (C=O) groups is 2. The molecule has 20 heavy (non-hydrogen) atoms. The van der Waals surface area contributed by atoms with E-state index < -0.39 is 0 Å². The lowest BCUT2D eigenvalue weighted by Gasteiger charge is -2.04. The summed E-state index contributed by atoms with van der Waals surface area (Å²) in [5, 5.41) is 3.38. The van der Waals surface area contributed by atoms with Crippen molar-refractivity contribution in [2.45, 2.75) is 12.8 Å². The standard InChI is InChI=1S/C16H12ClNO2/c17-13-3-1-2-10(6-13)7-15(19)11-4-5-14-12(8-11)9-16(20)18-14/h1-6,8H,7,9H2,(H,18,20). The molecule has 0 bridgehead atoms. The SMILES string of the molecule is O=C1Cc2cc(C(=O)Cc3cccc(Cl)c3)ccc2N1. The van der Waals surface area contributed by atoms with Gasteiger partial charge in [0.2, 0.25) is 5.91 Å². The summed E-state index contributed by atoms with van der Waals surface area (Å²) in [7, 11) is 0. The molecule has 1 N–H and O–H groups in total. The summed E-state index contributed by atoms with van der Waals surface area (Å²) in [4.78, 5) is 23.6. The highest BCUT2D eigenvalue weighted by molar-refractivity contribution is 6.30. The quantitative estimate of drug-likeness (QED) is 0.880. The van der Waals surface area contributed by atoms with Crippen molar-refractivity contribution in [2.24, 2.45) is 0 Å². The molecule has 1 aliphatic rings. The monoisotopic (exact) mass is 285 g/mol. The van der Waals surface area contributed by atoms with E-state index in [1.54, 1.807) is 30.3 Å². The summed E-state index contributed by atoms with van der Waals surface area (Å²) < 4.78 is 0. The van der Waals surface area contributed by atoms with E-state index in [9.17, 15) is 9.59 Å². The minimum Gasteiger partial charge on any atom is -0.326 e. The Hall–Kier alpha value is -2.13. The maximum Gasteiger partial charge on any atom is 0.228 e. The van der Waals surface area contributed by atoms with Gasteiger partial charge in [0.25, 0.3) is 0 Å². The molecule has 1 aliphatic heterocycles. The number of hydrogen-bond donors (Lipinski definition) is 1. The van der Waals surface area contributed by atoms with Crippen LogP contribution >= 0.6 is 11.6 Å². The minimum absolute atomic E-state index is 0.0226. The molecule has 2 aromatic carbocycles. The lowest BCUT2D eigenvalue weighted by Crippen LogP contribution is -2.04. The van der Waals surface area contributed by atoms with Crippen molar-refractivity contribution in [1.82, 2.24) is 0 Å². The van der Waals surface area contributed by atoms with Crippen LogP contribution in [0.4, 0.5) is 5.69 Å². The first-order valence-electron chi connectivity index (χ1n) is 6.32. The zero-order chi connectivity index (χ0) is 14.1. The van der Waals surface area contributed by atoms with Gasteiger partial charge in [-0.05, 0) is 41.5 Å². The topological polar surface area (TPSA) is 46.2 Å². The third kappa shape index (κ3) is 2.58. The second-order valence-corrected chi connectivity index (χ2v) is 5.26. The molecule has 100 valence electrons. The van der Waals surface area contributed by atoms with Gasteiger partial charge in [-0.3, -0.25) is 9.59 Å². The molecular weight excluding hydrogens is 274 g/mol. The molecule has 1 amide bonds. The number of amides is 1. The van der Waals surface area contributed by atoms with Gasteiger partial charge in [-0.15, -0.1) is 0 Å². The summed E-state index contributed by atoms with van der Waals surface area (Å²) in [5.74, 6) is -0.00569. The van der Waals surface area contributed by atoms with Crippen LogP contribution in [0.3, 0.4) is 0 Å². The zero-order valence-corrected chi connectivity index (χ0v) is 11.4. The fraction of sp³-hybridized carbons (Fsp3) is 0.125. The summed E-state index contributed by atoms with van der Waals surface area (Å²) >= 11 is 5.91. The van der Waals surface area contributed by atoms with Crippen LogP contribution in [0.1, 0.15) is 21.5 Å². The van der Waals surface area contributed by atoms with Gasteiger partial charge in [-0.1, -0.05) is 23.7 Å². The number of hydrogen-bond acceptors (Lipinski definition) is 2. The van der Waals surface area contributed by atoms with E-state index in [2.05, 4.69) is 5.32 Å². The number of ketones is 1. The van der Waals surface area contributed by atoms with Crippen molar-refractivity contribution >= 4 is 29.0 Å². The average molecular weight is 286 g/mol. The van der Waals surface area contributed by atoms with Crippen LogP contribution in [-0.4, -0.2) is 11.7 Å². The van der Waals surface area contributed by atoms with Crippen LogP contribution in [0.2, 0.25) is 5.02 Å². The highest BCUT2D eigenvalue weighted by Gasteiger charge is 2.19. The Morgan fingerprint density at radius 2 is 2.05 bits per heavy atom. The third-order valence-electron chi connectivity index (χ3n) is 3.31. The number of fused-ring (bicyclic) bond motifs is 1. The molecule has 0 radical (unpaired) electrons. The molecule has 0 fully saturated rings. The first-order valence-corrected chi connectivity index (χ1v) is 6.70. The first kappa shape index (κ1) is 12.9. The van der Waals surface area contributed by atoms with Gasteiger partial charge in [0, 0.05) is 22.7 Å². The molecule has 2 aromatic rings. The average Bonchev–Trinajstić information content (AvgIpc) is 2.77. The van der Waals surface area contributed by atoms with Gasteiger partial charge in [0.1, 0.15) is 0 Å². The van der Waals surface area contributed by atoms with Gasteiger partial charge in [-0.2, -0.15) is 0 Å². The Morgan fingerprint density at radius 3 is 2.85 bits per heavy atom. The predicted octanol–water partition coefficient (Wildman–Crippen LogP) is 3.26. The Labute approximate surface area is 121 Å². The van der Waals surface area contributed by atoms with Crippen LogP contribution in [0.15, 0.2) is 42.5 Å². The van der Waals surface area contributed by atoms with Crippen LogP contribution in [0, 0.1) is 0 Å². The maximum atomic E-state index is 12.3. The zero-order valence-electron chi connectivity index (χ0n) is 10.7. The van der Waals surface area contributed by atoms with Crippen molar-refractivity contribution in [2.75, 3.05) is 5.32 Å². The summed E-state index contributed by atoms with van der Waals surface area (Å²) in [6.45, 7) is 0. The number of anilines is 1. The van der Waals surface area contributed by atoms with E-state index >= 15 is 0 Å². The molecule has 0 saturated carbocycles. The number of rotatable bonds is 3. The number of nitrogens with one attached hydrogen (secondary N) is 1. The van der Waals surface area contributed by atoms with E-state index in [-0.39, 0.29) is 11.7 Å². The first-order chi connectivity index (χ1) is 9.61. The Morgan fingerprint density at radius 1 is 1.20 bits per heavy atom. The molecule has 0 spiro atoms. The lowest BCUT2D eigenvalue weighted by molar-refractivity contribution is -0.115. The molecule has 0 atom stereocenters. The van der Waals surface area contributed by atoms with Gasteiger partial charge >= 0.3 is 0 Å². The number of carbonyl (C=O) groups excluding carboxylic acids is 2. The van der Waals surface area contributed by atoms with Crippen LogP contribution in [-0.2, 0) is 17.6 Å². The number of Topliss-reactive ketones (excluding diaryl/α,β-unsaturated/α-hetero) is 1. The van der Waals surface area contributed by atoms with E-state index in [4.69, 9.17) is 11.6 Å². The van der Waals surface area contributed by atoms with E-state index in [1.807, 2.05) is 12.1 Å². The molecule has 0 unspecified atom stereocenters.